The molecule has 1 aliphatic rings. The van der Waals surface area contributed by atoms with Crippen molar-refractivity contribution in [3.05, 3.63) is 55.2 Å². The fourth-order valence-corrected chi connectivity index (χ4v) is 4.15. The molecule has 1 aromatic carbocycles. The highest BCUT2D eigenvalue weighted by Gasteiger charge is 2.42. The Morgan fingerprint density at radius 2 is 1.89 bits per heavy atom. The predicted octanol–water partition coefficient (Wildman–Crippen LogP) is 3.95. The lowest BCUT2D eigenvalue weighted by Gasteiger charge is -2.29. The van der Waals surface area contributed by atoms with Gasteiger partial charge in [0.25, 0.3) is 5.91 Å². The zero-order valence-electron chi connectivity index (χ0n) is 24.3. The van der Waals surface area contributed by atoms with E-state index in [-0.39, 0.29) is 23.3 Å². The Bertz CT molecular complexity index is 1460. The number of esters is 1. The quantitative estimate of drug-likeness (QED) is 0.164. The van der Waals surface area contributed by atoms with Crippen molar-refractivity contribution in [2.24, 2.45) is 0 Å². The molecule has 1 fully saturated rings. The standard InChI is InChI=1S/C28H33F3N8O5/c1-4-37(5-2)9-10-39-18-21(16-33-39)35-27-32-17-23(38-11-13-42-14-12-38)25(36-27)44-22-8-6-7-20(15-22)34-24(40)19(3)43-26(41)28(29,30)31/h6-8,15-18H,3-5,9-14H2,1-2H3,(H,34,40)(H,32,35,36). The molecule has 44 heavy (non-hydrogen) atoms. The summed E-state index contributed by atoms with van der Waals surface area (Å²) in [4.78, 5) is 36.7. The van der Waals surface area contributed by atoms with Crippen molar-refractivity contribution in [3.63, 3.8) is 0 Å². The summed E-state index contributed by atoms with van der Waals surface area (Å²) in [6.45, 7) is 13.0. The number of benzene rings is 1. The van der Waals surface area contributed by atoms with Crippen LogP contribution in [0.5, 0.6) is 11.6 Å². The summed E-state index contributed by atoms with van der Waals surface area (Å²) < 4.78 is 54.8. The van der Waals surface area contributed by atoms with Crippen LogP contribution in [0.15, 0.2) is 55.2 Å². The normalized spacial score (nSPS) is 13.5. The van der Waals surface area contributed by atoms with Crippen LogP contribution in [-0.2, 0) is 25.6 Å². The van der Waals surface area contributed by atoms with Gasteiger partial charge >= 0.3 is 12.1 Å². The smallest absolute Gasteiger partial charge is 0.437 e. The van der Waals surface area contributed by atoms with Crippen molar-refractivity contribution in [1.82, 2.24) is 24.6 Å². The number of hydrogen-bond acceptors (Lipinski definition) is 11. The molecule has 0 aliphatic carbocycles. The summed E-state index contributed by atoms with van der Waals surface area (Å²) in [6.07, 6.45) is -0.110. The Labute approximate surface area is 251 Å². The van der Waals surface area contributed by atoms with Crippen LogP contribution < -0.4 is 20.3 Å². The highest BCUT2D eigenvalue weighted by Crippen LogP contribution is 2.33. The molecule has 3 heterocycles. The highest BCUT2D eigenvalue weighted by molar-refractivity contribution is 6.03. The number of halogens is 3. The lowest BCUT2D eigenvalue weighted by Crippen LogP contribution is -2.36. The van der Waals surface area contributed by atoms with Crippen LogP contribution in [0.4, 0.5) is 36.2 Å². The van der Waals surface area contributed by atoms with Gasteiger partial charge < -0.3 is 34.6 Å². The van der Waals surface area contributed by atoms with Crippen molar-refractivity contribution in [2.45, 2.75) is 26.6 Å². The van der Waals surface area contributed by atoms with Crippen LogP contribution in [0.1, 0.15) is 13.8 Å². The highest BCUT2D eigenvalue weighted by atomic mass is 19.4. The van der Waals surface area contributed by atoms with Crippen LogP contribution in [0.2, 0.25) is 0 Å². The van der Waals surface area contributed by atoms with E-state index in [9.17, 15) is 22.8 Å². The number of ether oxygens (including phenoxy) is 3. The predicted molar refractivity (Wildman–Crippen MR) is 155 cm³/mol. The van der Waals surface area contributed by atoms with E-state index < -0.39 is 23.8 Å². The number of carbonyl (C=O) groups excluding carboxylic acids is 2. The molecule has 1 saturated heterocycles. The fraction of sp³-hybridized carbons (Fsp3) is 0.393. The van der Waals surface area contributed by atoms with Gasteiger partial charge in [-0.1, -0.05) is 26.5 Å². The molecule has 0 spiro atoms. The lowest BCUT2D eigenvalue weighted by molar-refractivity contribution is -0.195. The number of hydrogen-bond donors (Lipinski definition) is 2. The summed E-state index contributed by atoms with van der Waals surface area (Å²) in [6, 6.07) is 6.05. The molecule has 236 valence electrons. The number of anilines is 4. The molecular formula is C28H33F3N8O5. The second kappa shape index (κ2) is 14.7. The third-order valence-corrected chi connectivity index (χ3v) is 6.52. The first kappa shape index (κ1) is 32.2. The van der Waals surface area contributed by atoms with Crippen LogP contribution in [0, 0.1) is 0 Å². The van der Waals surface area contributed by atoms with Gasteiger partial charge in [-0.25, -0.2) is 9.78 Å². The van der Waals surface area contributed by atoms with E-state index in [2.05, 4.69) is 55.8 Å². The summed E-state index contributed by atoms with van der Waals surface area (Å²) >= 11 is 0. The molecule has 4 rings (SSSR count). The van der Waals surface area contributed by atoms with Crippen molar-refractivity contribution < 1.29 is 37.0 Å². The minimum absolute atomic E-state index is 0.147. The maximum Gasteiger partial charge on any atom is 0.491 e. The van der Waals surface area contributed by atoms with E-state index in [1.165, 1.54) is 12.1 Å². The van der Waals surface area contributed by atoms with Crippen LogP contribution >= 0.6 is 0 Å². The van der Waals surface area contributed by atoms with Gasteiger partial charge in [-0.3, -0.25) is 9.48 Å². The molecule has 0 radical (unpaired) electrons. The van der Waals surface area contributed by atoms with Crippen LogP contribution in [0.25, 0.3) is 0 Å². The van der Waals surface area contributed by atoms with Gasteiger partial charge in [-0.05, 0) is 25.2 Å². The van der Waals surface area contributed by atoms with Crippen molar-refractivity contribution in [3.8, 4) is 11.6 Å². The summed E-state index contributed by atoms with van der Waals surface area (Å²) in [7, 11) is 0. The molecule has 13 nitrogen and oxygen atoms in total. The Morgan fingerprint density at radius 3 is 2.59 bits per heavy atom. The average molecular weight is 619 g/mol. The van der Waals surface area contributed by atoms with Gasteiger partial charge in [0.1, 0.15) is 11.4 Å². The minimum atomic E-state index is -5.27. The number of aromatic nitrogens is 4. The van der Waals surface area contributed by atoms with E-state index in [1.807, 2.05) is 15.8 Å². The maximum atomic E-state index is 12.5. The third-order valence-electron chi connectivity index (χ3n) is 6.52. The van der Waals surface area contributed by atoms with Gasteiger partial charge in [0, 0.05) is 37.6 Å². The summed E-state index contributed by atoms with van der Waals surface area (Å²) in [5.74, 6) is -3.98. The number of nitrogens with zero attached hydrogens (tertiary/aromatic N) is 6. The molecule has 1 aliphatic heterocycles. The van der Waals surface area contributed by atoms with Gasteiger partial charge in [-0.2, -0.15) is 23.3 Å². The molecular weight excluding hydrogens is 585 g/mol. The monoisotopic (exact) mass is 618 g/mol. The van der Waals surface area contributed by atoms with E-state index in [0.29, 0.717) is 37.7 Å². The number of rotatable bonds is 13. The third kappa shape index (κ3) is 8.90. The number of carbonyl (C=O) groups is 2. The largest absolute Gasteiger partial charge is 0.491 e. The SMILES string of the molecule is C=C(OC(=O)C(F)(F)F)C(=O)Nc1cccc(Oc2nc(Nc3cnn(CCN(CC)CC)c3)ncc2N2CCOCC2)c1. The molecule has 3 aromatic rings. The second-order valence-corrected chi connectivity index (χ2v) is 9.52. The fourth-order valence-electron chi connectivity index (χ4n) is 4.15. The van der Waals surface area contributed by atoms with Gasteiger partial charge in [0.2, 0.25) is 11.8 Å². The Balaban J connectivity index is 1.49. The van der Waals surface area contributed by atoms with Gasteiger partial charge in [-0.15, -0.1) is 0 Å². The van der Waals surface area contributed by atoms with E-state index in [4.69, 9.17) is 9.47 Å². The first-order valence-corrected chi connectivity index (χ1v) is 13.8. The molecule has 0 saturated carbocycles. The molecule has 0 unspecified atom stereocenters. The maximum absolute atomic E-state index is 12.5. The topological polar surface area (TPSA) is 136 Å². The van der Waals surface area contributed by atoms with Crippen molar-refractivity contribution in [2.75, 3.05) is 61.5 Å². The zero-order valence-corrected chi connectivity index (χ0v) is 24.3. The molecule has 2 aromatic heterocycles. The number of likely N-dealkylation sites (N-methyl/N-ethyl adjacent to an activating group) is 1. The first-order chi connectivity index (χ1) is 21.0. The number of alkyl halides is 3. The van der Waals surface area contributed by atoms with Gasteiger partial charge in [0.15, 0.2) is 5.76 Å². The number of nitrogens with one attached hydrogen (secondary N) is 2. The van der Waals surface area contributed by atoms with Crippen molar-refractivity contribution >= 4 is 34.9 Å². The summed E-state index contributed by atoms with van der Waals surface area (Å²) in [5, 5.41) is 9.87. The Kier molecular flexibility index (Phi) is 10.7. The number of morpholine rings is 1. The second-order valence-electron chi connectivity index (χ2n) is 9.52. The lowest BCUT2D eigenvalue weighted by atomic mass is 10.3. The Hall–Kier alpha value is -4.70. The van der Waals surface area contributed by atoms with Crippen LogP contribution in [-0.4, -0.2) is 88.6 Å². The minimum Gasteiger partial charge on any atom is -0.437 e. The molecule has 16 heteroatoms. The summed E-state index contributed by atoms with van der Waals surface area (Å²) in [5.41, 5.74) is 1.44. The van der Waals surface area contributed by atoms with E-state index in [0.717, 1.165) is 26.2 Å². The molecule has 1 amide bonds. The van der Waals surface area contributed by atoms with Crippen molar-refractivity contribution in [1.29, 1.82) is 0 Å². The number of amides is 1. The van der Waals surface area contributed by atoms with Gasteiger partial charge in [0.05, 0.1) is 37.8 Å². The first-order valence-electron chi connectivity index (χ1n) is 13.8. The van der Waals surface area contributed by atoms with E-state index >= 15 is 0 Å². The Morgan fingerprint density at radius 1 is 1.14 bits per heavy atom. The molecule has 2 N–H and O–H groups in total. The average Bonchev–Trinajstić information content (AvgIpc) is 3.45. The van der Waals surface area contributed by atoms with Crippen LogP contribution in [0.3, 0.4) is 0 Å². The van der Waals surface area contributed by atoms with E-state index in [1.54, 1.807) is 24.5 Å². The molecule has 0 atom stereocenters. The molecule has 0 bridgehead atoms. The zero-order chi connectivity index (χ0) is 31.7.